The summed E-state index contributed by atoms with van der Waals surface area (Å²) in [7, 11) is 0. The fourth-order valence-electron chi connectivity index (χ4n) is 1.19. The van der Waals surface area contributed by atoms with Gasteiger partial charge in [-0.05, 0) is 19.4 Å². The van der Waals surface area contributed by atoms with Crippen molar-refractivity contribution in [1.82, 2.24) is 0 Å². The van der Waals surface area contributed by atoms with Crippen molar-refractivity contribution in [1.29, 1.82) is 0 Å². The Labute approximate surface area is 142 Å². The highest BCUT2D eigenvalue weighted by molar-refractivity contribution is 5.87. The maximum Gasteiger partial charge on any atom is 0.333 e. The molecular formula is C18H24O6. The van der Waals surface area contributed by atoms with Gasteiger partial charge in [0.1, 0.15) is 19.3 Å². The van der Waals surface area contributed by atoms with Crippen LogP contribution in [0.2, 0.25) is 0 Å². The predicted molar refractivity (Wildman–Crippen MR) is 89.9 cm³/mol. The van der Waals surface area contributed by atoms with Gasteiger partial charge in [-0.1, -0.05) is 43.5 Å². The Morgan fingerprint density at radius 2 is 1.54 bits per heavy atom. The van der Waals surface area contributed by atoms with Crippen molar-refractivity contribution in [2.75, 3.05) is 13.2 Å². The lowest BCUT2D eigenvalue weighted by Gasteiger charge is -2.07. The van der Waals surface area contributed by atoms with E-state index in [1.165, 1.54) is 6.92 Å². The molecular weight excluding hydrogens is 312 g/mol. The molecule has 0 fully saturated rings. The van der Waals surface area contributed by atoms with Crippen molar-refractivity contribution < 1.29 is 29.3 Å². The second kappa shape index (κ2) is 12.0. The van der Waals surface area contributed by atoms with E-state index in [-0.39, 0.29) is 18.1 Å². The first-order valence-electron chi connectivity index (χ1n) is 7.26. The lowest BCUT2D eigenvalue weighted by molar-refractivity contribution is -0.142. The van der Waals surface area contributed by atoms with Crippen LogP contribution in [-0.2, 0) is 25.7 Å². The number of ether oxygens (including phenoxy) is 2. The van der Waals surface area contributed by atoms with Gasteiger partial charge in [0.2, 0.25) is 0 Å². The molecule has 24 heavy (non-hydrogen) atoms. The minimum absolute atomic E-state index is 0.192. The standard InChI is InChI=1S/C11H12O2.C7H12O4/c1-9(2)11(12)13-8-10-6-4-3-5-7-10;1-5(2)7(10)11-4-6(9)3-8/h3-7H,1,8H2,2H3;6,8-9H,1,3-4H2,2H3. The maximum absolute atomic E-state index is 11.0. The topological polar surface area (TPSA) is 93.1 Å². The van der Waals surface area contributed by atoms with Gasteiger partial charge >= 0.3 is 11.9 Å². The summed E-state index contributed by atoms with van der Waals surface area (Å²) in [6.45, 7) is 9.68. The second-order valence-electron chi connectivity index (χ2n) is 5.06. The maximum atomic E-state index is 11.0. The average molecular weight is 336 g/mol. The van der Waals surface area contributed by atoms with Crippen LogP contribution in [-0.4, -0.2) is 41.5 Å². The van der Waals surface area contributed by atoms with Gasteiger partial charge in [0.25, 0.3) is 0 Å². The normalized spacial score (nSPS) is 10.7. The van der Waals surface area contributed by atoms with Crippen LogP contribution in [0.1, 0.15) is 19.4 Å². The summed E-state index contributed by atoms with van der Waals surface area (Å²) in [6.07, 6.45) is -1.00. The van der Waals surface area contributed by atoms with Crippen molar-refractivity contribution in [2.24, 2.45) is 0 Å². The largest absolute Gasteiger partial charge is 0.460 e. The zero-order valence-corrected chi connectivity index (χ0v) is 14.0. The first kappa shape index (κ1) is 21.6. The van der Waals surface area contributed by atoms with Gasteiger partial charge in [-0.25, -0.2) is 9.59 Å². The summed E-state index contributed by atoms with van der Waals surface area (Å²) >= 11 is 0. The van der Waals surface area contributed by atoms with Gasteiger partial charge < -0.3 is 19.7 Å². The van der Waals surface area contributed by atoms with Crippen LogP contribution < -0.4 is 0 Å². The highest BCUT2D eigenvalue weighted by atomic mass is 16.5. The molecule has 0 spiro atoms. The molecule has 0 aliphatic rings. The minimum atomic E-state index is -1.00. The van der Waals surface area contributed by atoms with Crippen molar-refractivity contribution in [3.05, 3.63) is 60.2 Å². The monoisotopic (exact) mass is 336 g/mol. The number of hydrogen-bond donors (Lipinski definition) is 2. The van der Waals surface area contributed by atoms with E-state index in [2.05, 4.69) is 17.9 Å². The third kappa shape index (κ3) is 10.3. The fourth-order valence-corrected chi connectivity index (χ4v) is 1.19. The predicted octanol–water partition coefficient (Wildman–Crippen LogP) is 1.76. The molecule has 6 nitrogen and oxygen atoms in total. The van der Waals surface area contributed by atoms with Crippen LogP contribution in [0.15, 0.2) is 54.6 Å². The van der Waals surface area contributed by atoms with Crippen LogP contribution in [0.25, 0.3) is 0 Å². The van der Waals surface area contributed by atoms with Crippen molar-refractivity contribution in [2.45, 2.75) is 26.6 Å². The molecule has 1 unspecified atom stereocenters. The number of carbonyl (C=O) groups excluding carboxylic acids is 2. The van der Waals surface area contributed by atoms with Crippen LogP contribution in [0.5, 0.6) is 0 Å². The number of carbonyl (C=O) groups is 2. The molecule has 0 saturated heterocycles. The van der Waals surface area contributed by atoms with Crippen LogP contribution in [0.4, 0.5) is 0 Å². The molecule has 0 aliphatic heterocycles. The first-order valence-corrected chi connectivity index (χ1v) is 7.26. The number of benzene rings is 1. The van der Waals surface area contributed by atoms with Gasteiger partial charge in [0.05, 0.1) is 6.61 Å². The summed E-state index contributed by atoms with van der Waals surface area (Å²) in [5.41, 5.74) is 1.68. The highest BCUT2D eigenvalue weighted by Gasteiger charge is 2.07. The molecule has 0 heterocycles. The molecule has 6 heteroatoms. The molecule has 0 amide bonds. The molecule has 1 rings (SSSR count). The van der Waals surface area contributed by atoms with E-state index in [4.69, 9.17) is 14.9 Å². The molecule has 1 aromatic carbocycles. The molecule has 0 saturated carbocycles. The molecule has 0 aromatic heterocycles. The van der Waals surface area contributed by atoms with E-state index in [1.807, 2.05) is 30.3 Å². The Morgan fingerprint density at radius 1 is 1.04 bits per heavy atom. The number of aliphatic hydroxyl groups excluding tert-OH is 2. The fraction of sp³-hybridized carbons (Fsp3) is 0.333. The quantitative estimate of drug-likeness (QED) is 0.582. The highest BCUT2D eigenvalue weighted by Crippen LogP contribution is 2.02. The Balaban J connectivity index is 0.000000449. The summed E-state index contributed by atoms with van der Waals surface area (Å²) in [6, 6.07) is 9.55. The molecule has 0 aliphatic carbocycles. The van der Waals surface area contributed by atoms with Gasteiger partial charge in [-0.15, -0.1) is 0 Å². The lowest BCUT2D eigenvalue weighted by Crippen LogP contribution is -2.22. The number of aliphatic hydroxyl groups is 2. The van der Waals surface area contributed by atoms with Crippen molar-refractivity contribution in [3.8, 4) is 0 Å². The molecule has 1 aromatic rings. The molecule has 132 valence electrons. The van der Waals surface area contributed by atoms with E-state index < -0.39 is 18.7 Å². The summed E-state index contributed by atoms with van der Waals surface area (Å²) in [4.78, 5) is 21.6. The van der Waals surface area contributed by atoms with E-state index >= 15 is 0 Å². The number of esters is 2. The SMILES string of the molecule is C=C(C)C(=O)OCC(O)CO.C=C(C)C(=O)OCc1ccccc1. The van der Waals surface area contributed by atoms with Crippen molar-refractivity contribution in [3.63, 3.8) is 0 Å². The smallest absolute Gasteiger partial charge is 0.333 e. The van der Waals surface area contributed by atoms with E-state index in [0.29, 0.717) is 12.2 Å². The van der Waals surface area contributed by atoms with Crippen LogP contribution in [0.3, 0.4) is 0 Å². The van der Waals surface area contributed by atoms with E-state index in [0.717, 1.165) is 5.56 Å². The lowest BCUT2D eigenvalue weighted by atomic mass is 10.2. The number of hydrogen-bond acceptors (Lipinski definition) is 6. The zero-order chi connectivity index (χ0) is 18.5. The van der Waals surface area contributed by atoms with Gasteiger partial charge in [-0.3, -0.25) is 0 Å². The second-order valence-corrected chi connectivity index (χ2v) is 5.06. The van der Waals surface area contributed by atoms with Crippen LogP contribution in [0, 0.1) is 0 Å². The van der Waals surface area contributed by atoms with Crippen molar-refractivity contribution >= 4 is 11.9 Å². The Hall–Kier alpha value is -2.44. The first-order chi connectivity index (χ1) is 11.3. The average Bonchev–Trinajstić information content (AvgIpc) is 2.58. The minimum Gasteiger partial charge on any atom is -0.460 e. The van der Waals surface area contributed by atoms with E-state index in [9.17, 15) is 9.59 Å². The summed E-state index contributed by atoms with van der Waals surface area (Å²) in [5, 5.41) is 17.1. The molecule has 1 atom stereocenters. The third-order valence-electron chi connectivity index (χ3n) is 2.53. The third-order valence-corrected chi connectivity index (χ3v) is 2.53. The molecule has 0 radical (unpaired) electrons. The zero-order valence-electron chi connectivity index (χ0n) is 14.0. The summed E-state index contributed by atoms with van der Waals surface area (Å²) < 4.78 is 9.46. The van der Waals surface area contributed by atoms with Gasteiger partial charge in [-0.2, -0.15) is 0 Å². The Morgan fingerprint density at radius 3 is 2.00 bits per heavy atom. The van der Waals surface area contributed by atoms with Crippen LogP contribution >= 0.6 is 0 Å². The number of rotatable bonds is 7. The Kier molecular flexibility index (Phi) is 10.8. The molecule has 0 bridgehead atoms. The molecule has 2 N–H and O–H groups in total. The Bertz CT molecular complexity index is 550. The van der Waals surface area contributed by atoms with E-state index in [1.54, 1.807) is 6.92 Å². The van der Waals surface area contributed by atoms with Gasteiger partial charge in [0, 0.05) is 11.1 Å². The van der Waals surface area contributed by atoms with Gasteiger partial charge in [0.15, 0.2) is 0 Å². The summed E-state index contributed by atoms with van der Waals surface area (Å²) in [5.74, 6) is -0.902.